The van der Waals surface area contributed by atoms with Gasteiger partial charge in [0, 0.05) is 8.95 Å². The third-order valence-electron chi connectivity index (χ3n) is 2.64. The second-order valence-electron chi connectivity index (χ2n) is 4.19. The number of phenolic OH excluding ortho intramolecular Hbond substituents is 1. The molecule has 2 rings (SSSR count). The van der Waals surface area contributed by atoms with Crippen molar-refractivity contribution in [1.82, 2.24) is 0 Å². The molecule has 0 atom stereocenters. The van der Waals surface area contributed by atoms with Gasteiger partial charge in [-0.05, 0) is 68.6 Å². The lowest BCUT2D eigenvalue weighted by Crippen LogP contribution is -2.14. The highest BCUT2D eigenvalue weighted by Gasteiger charge is 2.18. The molecule has 2 aromatic carbocycles. The first-order chi connectivity index (χ1) is 9.40. The SMILES string of the molecule is Cc1cc(Br)c(NC(=O)c2c(O)cccc2F)c(Br)c1. The number of aromatic hydroxyl groups is 1. The van der Waals surface area contributed by atoms with Gasteiger partial charge in [-0.1, -0.05) is 6.07 Å². The number of carbonyl (C=O) groups excluding carboxylic acids is 1. The molecule has 0 fully saturated rings. The van der Waals surface area contributed by atoms with Crippen LogP contribution in [-0.2, 0) is 0 Å². The van der Waals surface area contributed by atoms with Crippen molar-refractivity contribution in [1.29, 1.82) is 0 Å². The predicted molar refractivity (Wildman–Crippen MR) is 82.6 cm³/mol. The molecule has 2 N–H and O–H groups in total. The molecule has 0 heterocycles. The van der Waals surface area contributed by atoms with Crippen molar-refractivity contribution in [3.05, 3.63) is 56.2 Å². The Labute approximate surface area is 132 Å². The van der Waals surface area contributed by atoms with Crippen LogP contribution in [0.4, 0.5) is 10.1 Å². The van der Waals surface area contributed by atoms with Crippen molar-refractivity contribution in [2.24, 2.45) is 0 Å². The van der Waals surface area contributed by atoms with Crippen LogP contribution in [0.2, 0.25) is 0 Å². The minimum absolute atomic E-state index is 0.383. The Morgan fingerprint density at radius 2 is 1.85 bits per heavy atom. The summed E-state index contributed by atoms with van der Waals surface area (Å²) in [6.45, 7) is 1.91. The molecule has 3 nitrogen and oxygen atoms in total. The highest BCUT2D eigenvalue weighted by molar-refractivity contribution is 9.11. The number of rotatable bonds is 2. The number of benzene rings is 2. The van der Waals surface area contributed by atoms with Crippen LogP contribution >= 0.6 is 31.9 Å². The number of carbonyl (C=O) groups is 1. The Hall–Kier alpha value is -1.40. The van der Waals surface area contributed by atoms with Crippen molar-refractivity contribution >= 4 is 43.5 Å². The normalized spacial score (nSPS) is 10.4. The van der Waals surface area contributed by atoms with Gasteiger partial charge in [-0.3, -0.25) is 4.79 Å². The molecule has 0 spiro atoms. The van der Waals surface area contributed by atoms with Crippen molar-refractivity contribution in [2.75, 3.05) is 5.32 Å². The summed E-state index contributed by atoms with van der Waals surface area (Å²) in [6, 6.07) is 7.35. The summed E-state index contributed by atoms with van der Waals surface area (Å²) in [5.41, 5.74) is 1.09. The number of phenols is 1. The molecule has 0 radical (unpaired) electrons. The molecule has 0 aromatic heterocycles. The fourth-order valence-corrected chi connectivity index (χ4v) is 3.35. The number of amides is 1. The van der Waals surface area contributed by atoms with E-state index in [2.05, 4.69) is 37.2 Å². The van der Waals surface area contributed by atoms with Crippen LogP contribution in [-0.4, -0.2) is 11.0 Å². The maximum Gasteiger partial charge on any atom is 0.262 e. The Morgan fingerprint density at radius 3 is 2.40 bits per heavy atom. The van der Waals surface area contributed by atoms with Gasteiger partial charge in [0.2, 0.25) is 0 Å². The summed E-state index contributed by atoms with van der Waals surface area (Å²) < 4.78 is 14.9. The standard InChI is InChI=1S/C14H10Br2FNO2/c1-7-5-8(15)13(9(16)6-7)18-14(20)12-10(17)3-2-4-11(12)19/h2-6,19H,1H3,(H,18,20). The number of nitrogens with one attached hydrogen (secondary N) is 1. The minimum atomic E-state index is -0.776. The smallest absolute Gasteiger partial charge is 0.262 e. The van der Waals surface area contributed by atoms with Gasteiger partial charge in [-0.15, -0.1) is 0 Å². The molecule has 1 amide bonds. The van der Waals surface area contributed by atoms with E-state index in [9.17, 15) is 14.3 Å². The Balaban J connectivity index is 2.38. The number of hydrogen-bond acceptors (Lipinski definition) is 2. The van der Waals surface area contributed by atoms with E-state index in [0.29, 0.717) is 14.6 Å². The third kappa shape index (κ3) is 3.02. The van der Waals surface area contributed by atoms with Crippen molar-refractivity contribution in [3.8, 4) is 5.75 Å². The van der Waals surface area contributed by atoms with Gasteiger partial charge in [-0.25, -0.2) is 4.39 Å². The molecule has 0 bridgehead atoms. The number of halogens is 3. The van der Waals surface area contributed by atoms with Crippen LogP contribution in [0.25, 0.3) is 0 Å². The number of hydrogen-bond donors (Lipinski definition) is 2. The van der Waals surface area contributed by atoms with E-state index in [1.54, 1.807) is 0 Å². The van der Waals surface area contributed by atoms with Gasteiger partial charge in [0.1, 0.15) is 17.1 Å². The van der Waals surface area contributed by atoms with E-state index in [0.717, 1.165) is 11.6 Å². The maximum atomic E-state index is 13.6. The van der Waals surface area contributed by atoms with Gasteiger partial charge in [0.25, 0.3) is 5.91 Å². The lowest BCUT2D eigenvalue weighted by atomic mass is 10.1. The monoisotopic (exact) mass is 401 g/mol. The molecule has 104 valence electrons. The highest BCUT2D eigenvalue weighted by Crippen LogP contribution is 2.33. The second-order valence-corrected chi connectivity index (χ2v) is 5.90. The minimum Gasteiger partial charge on any atom is -0.507 e. The summed E-state index contributed by atoms with van der Waals surface area (Å²) >= 11 is 6.67. The van der Waals surface area contributed by atoms with Crippen LogP contribution in [0.5, 0.6) is 5.75 Å². The quantitative estimate of drug-likeness (QED) is 0.770. The van der Waals surface area contributed by atoms with Crippen molar-refractivity contribution in [3.63, 3.8) is 0 Å². The average Bonchev–Trinajstić information content (AvgIpc) is 2.33. The zero-order valence-corrected chi connectivity index (χ0v) is 13.5. The number of aryl methyl sites for hydroxylation is 1. The van der Waals surface area contributed by atoms with Crippen LogP contribution in [0, 0.1) is 12.7 Å². The molecule has 0 saturated heterocycles. The van der Waals surface area contributed by atoms with Gasteiger partial charge >= 0.3 is 0 Å². The van der Waals surface area contributed by atoms with Gasteiger partial charge < -0.3 is 10.4 Å². The van der Waals surface area contributed by atoms with Crippen LogP contribution in [0.1, 0.15) is 15.9 Å². The Kier molecular flexibility index (Phi) is 4.45. The summed E-state index contributed by atoms with van der Waals surface area (Å²) in [5, 5.41) is 12.2. The average molecular weight is 403 g/mol. The van der Waals surface area contributed by atoms with Crippen LogP contribution < -0.4 is 5.32 Å². The lowest BCUT2D eigenvalue weighted by molar-refractivity contribution is 0.102. The second kappa shape index (κ2) is 5.93. The lowest BCUT2D eigenvalue weighted by Gasteiger charge is -2.12. The maximum absolute atomic E-state index is 13.6. The van der Waals surface area contributed by atoms with Crippen molar-refractivity contribution < 1.29 is 14.3 Å². The summed E-state index contributed by atoms with van der Waals surface area (Å²) in [5.74, 6) is -1.89. The zero-order valence-electron chi connectivity index (χ0n) is 10.4. The fraction of sp³-hybridized carbons (Fsp3) is 0.0714. The predicted octanol–water partition coefficient (Wildman–Crippen LogP) is 4.62. The Bertz CT molecular complexity index is 646. The van der Waals surface area contributed by atoms with Gasteiger partial charge in [0.15, 0.2) is 0 Å². The fourth-order valence-electron chi connectivity index (χ4n) is 1.73. The molecule has 0 aliphatic rings. The largest absolute Gasteiger partial charge is 0.507 e. The molecular weight excluding hydrogens is 393 g/mol. The molecule has 0 aliphatic heterocycles. The van der Waals surface area contributed by atoms with E-state index in [4.69, 9.17) is 0 Å². The molecule has 0 aliphatic carbocycles. The van der Waals surface area contributed by atoms with E-state index in [1.807, 2.05) is 19.1 Å². The zero-order chi connectivity index (χ0) is 14.9. The molecule has 0 unspecified atom stereocenters. The molecular formula is C14H10Br2FNO2. The molecule has 2 aromatic rings. The van der Waals surface area contributed by atoms with Crippen LogP contribution in [0.3, 0.4) is 0 Å². The summed E-state index contributed by atoms with van der Waals surface area (Å²) in [6.07, 6.45) is 0. The molecule has 20 heavy (non-hydrogen) atoms. The third-order valence-corrected chi connectivity index (χ3v) is 3.89. The Morgan fingerprint density at radius 1 is 1.25 bits per heavy atom. The first-order valence-corrected chi connectivity index (χ1v) is 7.23. The first kappa shape index (κ1) is 15.0. The van der Waals surface area contributed by atoms with Crippen molar-refractivity contribution in [2.45, 2.75) is 6.92 Å². The topological polar surface area (TPSA) is 49.3 Å². The highest BCUT2D eigenvalue weighted by atomic mass is 79.9. The number of anilines is 1. The summed E-state index contributed by atoms with van der Waals surface area (Å²) in [4.78, 5) is 12.1. The van der Waals surface area contributed by atoms with Gasteiger partial charge in [-0.2, -0.15) is 0 Å². The molecule has 6 heteroatoms. The van der Waals surface area contributed by atoms with E-state index >= 15 is 0 Å². The van der Waals surface area contributed by atoms with E-state index in [-0.39, 0.29) is 5.56 Å². The van der Waals surface area contributed by atoms with Gasteiger partial charge in [0.05, 0.1) is 5.69 Å². The summed E-state index contributed by atoms with van der Waals surface area (Å²) in [7, 11) is 0. The molecule has 0 saturated carbocycles. The first-order valence-electron chi connectivity index (χ1n) is 5.64. The van der Waals surface area contributed by atoms with Crippen LogP contribution in [0.15, 0.2) is 39.3 Å². The van der Waals surface area contributed by atoms with E-state index in [1.165, 1.54) is 12.1 Å². The van der Waals surface area contributed by atoms with E-state index < -0.39 is 17.5 Å².